The van der Waals surface area contributed by atoms with E-state index in [9.17, 15) is 21.6 Å². The lowest BCUT2D eigenvalue weighted by Crippen LogP contribution is -2.51. The van der Waals surface area contributed by atoms with E-state index in [4.69, 9.17) is 4.74 Å². The van der Waals surface area contributed by atoms with Gasteiger partial charge in [-0.3, -0.25) is 0 Å². The van der Waals surface area contributed by atoms with Crippen LogP contribution in [-0.4, -0.2) is 31.5 Å². The van der Waals surface area contributed by atoms with E-state index in [0.29, 0.717) is 28.6 Å². The quantitative estimate of drug-likeness (QED) is 0.735. The van der Waals surface area contributed by atoms with Crippen molar-refractivity contribution in [3.05, 3.63) is 54.1 Å². The zero-order valence-electron chi connectivity index (χ0n) is 14.7. The molecule has 1 unspecified atom stereocenters. The molecule has 0 spiro atoms. The first-order valence-corrected chi connectivity index (χ1v) is 10.1. The van der Waals surface area contributed by atoms with Crippen molar-refractivity contribution in [2.75, 3.05) is 6.54 Å². The minimum Gasteiger partial charge on any atom is -0.457 e. The van der Waals surface area contributed by atoms with E-state index < -0.39 is 22.2 Å². The van der Waals surface area contributed by atoms with Crippen molar-refractivity contribution < 1.29 is 26.3 Å². The predicted molar refractivity (Wildman–Crippen MR) is 95.3 cm³/mol. The van der Waals surface area contributed by atoms with Gasteiger partial charge in [0.25, 0.3) is 0 Å². The number of hydrogen-bond acceptors (Lipinski definition) is 3. The highest BCUT2D eigenvalue weighted by atomic mass is 32.2. The lowest BCUT2D eigenvalue weighted by molar-refractivity contribution is -0.177. The van der Waals surface area contributed by atoms with Gasteiger partial charge >= 0.3 is 6.18 Å². The van der Waals surface area contributed by atoms with Crippen LogP contribution in [0.3, 0.4) is 0 Å². The SMILES string of the molecule is Cc1ccccc1Oc1ccc(S(=O)(=O)N2CCCCC2C(F)(F)F)cc1. The first-order chi connectivity index (χ1) is 12.7. The summed E-state index contributed by atoms with van der Waals surface area (Å²) in [6.45, 7) is 1.75. The van der Waals surface area contributed by atoms with Crippen LogP contribution in [0.4, 0.5) is 13.2 Å². The van der Waals surface area contributed by atoms with Crippen LogP contribution in [0.25, 0.3) is 0 Å². The van der Waals surface area contributed by atoms with Crippen molar-refractivity contribution in [1.29, 1.82) is 0 Å². The van der Waals surface area contributed by atoms with Crippen molar-refractivity contribution in [2.24, 2.45) is 0 Å². The number of hydrogen-bond donors (Lipinski definition) is 0. The minimum atomic E-state index is -4.58. The highest BCUT2D eigenvalue weighted by molar-refractivity contribution is 7.89. The predicted octanol–water partition coefficient (Wildman–Crippen LogP) is 4.89. The lowest BCUT2D eigenvalue weighted by Gasteiger charge is -2.35. The van der Waals surface area contributed by atoms with Crippen LogP contribution in [0, 0.1) is 6.92 Å². The van der Waals surface area contributed by atoms with Gasteiger partial charge in [-0.25, -0.2) is 8.42 Å². The maximum absolute atomic E-state index is 13.3. The first-order valence-electron chi connectivity index (χ1n) is 8.62. The molecule has 1 aliphatic heterocycles. The second kappa shape index (κ2) is 7.52. The Morgan fingerprint density at radius 1 is 1.04 bits per heavy atom. The molecule has 2 aromatic carbocycles. The number of rotatable bonds is 4. The molecule has 4 nitrogen and oxygen atoms in total. The molecule has 27 heavy (non-hydrogen) atoms. The average molecular weight is 399 g/mol. The molecular formula is C19H20F3NO3S. The minimum absolute atomic E-state index is 0.131. The van der Waals surface area contributed by atoms with Gasteiger partial charge in [-0.1, -0.05) is 24.6 Å². The fraction of sp³-hybridized carbons (Fsp3) is 0.368. The zero-order chi connectivity index (χ0) is 19.7. The highest BCUT2D eigenvalue weighted by Gasteiger charge is 2.48. The first kappa shape index (κ1) is 19.7. The molecule has 146 valence electrons. The molecule has 3 rings (SSSR count). The van der Waals surface area contributed by atoms with Gasteiger partial charge in [0.05, 0.1) is 4.90 Å². The Labute approximate surface area is 156 Å². The number of para-hydroxylation sites is 1. The van der Waals surface area contributed by atoms with Crippen molar-refractivity contribution in [3.63, 3.8) is 0 Å². The van der Waals surface area contributed by atoms with E-state index in [2.05, 4.69) is 0 Å². The van der Waals surface area contributed by atoms with Crippen LogP contribution in [0.15, 0.2) is 53.4 Å². The van der Waals surface area contributed by atoms with Crippen LogP contribution in [-0.2, 0) is 10.0 Å². The summed E-state index contributed by atoms with van der Waals surface area (Å²) in [5.41, 5.74) is 0.913. The normalized spacial score (nSPS) is 19.0. The number of nitrogens with zero attached hydrogens (tertiary/aromatic N) is 1. The van der Waals surface area contributed by atoms with Gasteiger partial charge in [-0.2, -0.15) is 17.5 Å². The Balaban J connectivity index is 1.84. The van der Waals surface area contributed by atoms with Crippen molar-refractivity contribution in [3.8, 4) is 11.5 Å². The molecule has 2 aromatic rings. The van der Waals surface area contributed by atoms with Crippen LogP contribution in [0.5, 0.6) is 11.5 Å². The number of piperidine rings is 1. The van der Waals surface area contributed by atoms with Gasteiger partial charge in [0.1, 0.15) is 17.5 Å². The molecule has 0 bridgehead atoms. The standard InChI is InChI=1S/C19H20F3NO3S/c1-14-6-2-3-7-17(14)26-15-9-11-16(12-10-15)27(24,25)23-13-5-4-8-18(23)19(20,21)22/h2-3,6-7,9-12,18H,4-5,8,13H2,1H3. The van der Waals surface area contributed by atoms with E-state index in [1.165, 1.54) is 24.3 Å². The van der Waals surface area contributed by atoms with Crippen molar-refractivity contribution in [1.82, 2.24) is 4.31 Å². The van der Waals surface area contributed by atoms with E-state index in [-0.39, 0.29) is 17.9 Å². The van der Waals surface area contributed by atoms with Gasteiger partial charge in [0, 0.05) is 6.54 Å². The maximum Gasteiger partial charge on any atom is 0.405 e. The number of sulfonamides is 1. The third kappa shape index (κ3) is 4.27. The maximum atomic E-state index is 13.3. The largest absolute Gasteiger partial charge is 0.457 e. The third-order valence-corrected chi connectivity index (χ3v) is 6.51. The molecule has 1 fully saturated rings. The molecule has 1 heterocycles. The van der Waals surface area contributed by atoms with Crippen molar-refractivity contribution >= 4 is 10.0 Å². The van der Waals surface area contributed by atoms with E-state index in [1.807, 2.05) is 25.1 Å². The molecule has 0 aromatic heterocycles. The molecule has 0 N–H and O–H groups in total. The molecule has 1 aliphatic rings. The van der Waals surface area contributed by atoms with E-state index >= 15 is 0 Å². The van der Waals surface area contributed by atoms with Gasteiger partial charge in [0.2, 0.25) is 10.0 Å². The number of benzene rings is 2. The number of halogens is 3. The molecule has 0 saturated carbocycles. The Bertz CT molecular complexity index is 895. The fourth-order valence-electron chi connectivity index (χ4n) is 3.13. The van der Waals surface area contributed by atoms with Crippen LogP contribution < -0.4 is 4.74 Å². The average Bonchev–Trinajstić information content (AvgIpc) is 2.63. The summed E-state index contributed by atoms with van der Waals surface area (Å²) in [5, 5.41) is 0. The summed E-state index contributed by atoms with van der Waals surface area (Å²) in [4.78, 5) is -0.171. The van der Waals surface area contributed by atoms with Gasteiger partial charge in [-0.15, -0.1) is 0 Å². The Morgan fingerprint density at radius 2 is 1.70 bits per heavy atom. The summed E-state index contributed by atoms with van der Waals surface area (Å²) in [7, 11) is -4.23. The highest BCUT2D eigenvalue weighted by Crippen LogP contribution is 2.36. The van der Waals surface area contributed by atoms with Crippen LogP contribution in [0.2, 0.25) is 0 Å². The van der Waals surface area contributed by atoms with Crippen LogP contribution >= 0.6 is 0 Å². The van der Waals surface area contributed by atoms with Gasteiger partial charge in [0.15, 0.2) is 0 Å². The van der Waals surface area contributed by atoms with Crippen LogP contribution in [0.1, 0.15) is 24.8 Å². The van der Waals surface area contributed by atoms with E-state index in [1.54, 1.807) is 6.07 Å². The zero-order valence-corrected chi connectivity index (χ0v) is 15.6. The third-order valence-electron chi connectivity index (χ3n) is 4.58. The second-order valence-electron chi connectivity index (χ2n) is 6.51. The molecule has 1 atom stereocenters. The monoisotopic (exact) mass is 399 g/mol. The Kier molecular flexibility index (Phi) is 5.48. The summed E-state index contributed by atoms with van der Waals surface area (Å²) < 4.78 is 71.6. The van der Waals surface area contributed by atoms with E-state index in [0.717, 1.165) is 5.56 Å². The molecule has 0 amide bonds. The molecule has 1 saturated heterocycles. The molecular weight excluding hydrogens is 379 g/mol. The second-order valence-corrected chi connectivity index (χ2v) is 8.40. The molecule has 0 aliphatic carbocycles. The summed E-state index contributed by atoms with van der Waals surface area (Å²) in [6, 6.07) is 10.8. The Hall–Kier alpha value is -2.06. The smallest absolute Gasteiger partial charge is 0.405 e. The van der Waals surface area contributed by atoms with Gasteiger partial charge in [-0.05, 0) is 55.7 Å². The van der Waals surface area contributed by atoms with Crippen molar-refractivity contribution in [2.45, 2.75) is 43.3 Å². The topological polar surface area (TPSA) is 46.6 Å². The molecule has 8 heteroatoms. The number of ether oxygens (including phenoxy) is 1. The lowest BCUT2D eigenvalue weighted by atomic mass is 10.0. The number of aryl methyl sites for hydroxylation is 1. The fourth-order valence-corrected chi connectivity index (χ4v) is 4.81. The summed E-state index contributed by atoms with van der Waals surface area (Å²) in [5.74, 6) is 1.04. The Morgan fingerprint density at radius 3 is 2.33 bits per heavy atom. The summed E-state index contributed by atoms with van der Waals surface area (Å²) in [6.07, 6.45) is -4.02. The molecule has 0 radical (unpaired) electrons. The summed E-state index contributed by atoms with van der Waals surface area (Å²) >= 11 is 0. The van der Waals surface area contributed by atoms with Gasteiger partial charge < -0.3 is 4.74 Å². The number of alkyl halides is 3.